The minimum atomic E-state index is 0.376. The summed E-state index contributed by atoms with van der Waals surface area (Å²) in [5.74, 6) is 1.17. The van der Waals surface area contributed by atoms with Gasteiger partial charge in [-0.2, -0.15) is 10.1 Å². The highest BCUT2D eigenvalue weighted by Gasteiger charge is 2.09. The minimum absolute atomic E-state index is 0.376. The molecule has 0 aliphatic heterocycles. The van der Waals surface area contributed by atoms with Gasteiger partial charge in [0.2, 0.25) is 5.95 Å². The van der Waals surface area contributed by atoms with Gasteiger partial charge < -0.3 is 4.74 Å². The molecule has 1 aromatic heterocycles. The zero-order valence-corrected chi connectivity index (χ0v) is 14.5. The van der Waals surface area contributed by atoms with Gasteiger partial charge in [-0.15, -0.1) is 0 Å². The van der Waals surface area contributed by atoms with Gasteiger partial charge in [-0.05, 0) is 22.9 Å². The monoisotopic (exact) mass is 362 g/mol. The van der Waals surface area contributed by atoms with E-state index in [0.717, 1.165) is 27.6 Å². The molecule has 3 aromatic carbocycles. The molecule has 0 unspecified atom stereocenters. The molecule has 0 spiro atoms. The first kappa shape index (κ1) is 16.3. The lowest BCUT2D eigenvalue weighted by Crippen LogP contribution is -2.00. The Kier molecular flexibility index (Phi) is 4.62. The molecule has 0 saturated carbocycles. The van der Waals surface area contributed by atoms with E-state index < -0.39 is 0 Å². The molecular formula is C20H15ClN4O. The first-order valence-corrected chi connectivity index (χ1v) is 8.46. The fourth-order valence-electron chi connectivity index (χ4n) is 2.69. The van der Waals surface area contributed by atoms with Crippen LogP contribution in [0.2, 0.25) is 5.02 Å². The lowest BCUT2D eigenvalue weighted by molar-refractivity contribution is 0.306. The molecule has 0 fully saturated rings. The molecule has 0 saturated heterocycles. The summed E-state index contributed by atoms with van der Waals surface area (Å²) in [6, 6.07) is 19.7. The lowest BCUT2D eigenvalue weighted by atomic mass is 10.0. The van der Waals surface area contributed by atoms with Crippen LogP contribution in [0.5, 0.6) is 5.75 Å². The topological polar surface area (TPSA) is 63.2 Å². The van der Waals surface area contributed by atoms with E-state index in [1.54, 1.807) is 6.21 Å². The van der Waals surface area contributed by atoms with Gasteiger partial charge in [0.15, 0.2) is 0 Å². The molecule has 0 atom stereocenters. The lowest BCUT2D eigenvalue weighted by Gasteiger charge is -2.12. The van der Waals surface area contributed by atoms with E-state index in [1.165, 1.54) is 6.33 Å². The van der Waals surface area contributed by atoms with Crippen LogP contribution in [-0.4, -0.2) is 21.4 Å². The highest BCUT2D eigenvalue weighted by Crippen LogP contribution is 2.28. The summed E-state index contributed by atoms with van der Waals surface area (Å²) in [7, 11) is 0. The van der Waals surface area contributed by atoms with Crippen LogP contribution >= 0.6 is 11.6 Å². The molecule has 0 bridgehead atoms. The average Bonchev–Trinajstić information content (AvgIpc) is 3.19. The molecule has 128 valence electrons. The Labute approximate surface area is 155 Å². The predicted molar refractivity (Wildman–Crippen MR) is 103 cm³/mol. The van der Waals surface area contributed by atoms with E-state index in [9.17, 15) is 0 Å². The number of nitrogens with zero attached hydrogens (tertiary/aromatic N) is 3. The smallest absolute Gasteiger partial charge is 0.245 e. The summed E-state index contributed by atoms with van der Waals surface area (Å²) < 4.78 is 6.06. The van der Waals surface area contributed by atoms with Crippen molar-refractivity contribution in [2.45, 2.75) is 6.61 Å². The van der Waals surface area contributed by atoms with E-state index >= 15 is 0 Å². The highest BCUT2D eigenvalue weighted by molar-refractivity contribution is 6.31. The van der Waals surface area contributed by atoms with Crippen molar-refractivity contribution in [2.24, 2.45) is 4.99 Å². The van der Waals surface area contributed by atoms with E-state index in [4.69, 9.17) is 16.3 Å². The van der Waals surface area contributed by atoms with Gasteiger partial charge in [-0.3, -0.25) is 0 Å². The van der Waals surface area contributed by atoms with Crippen LogP contribution in [0.15, 0.2) is 72.0 Å². The maximum absolute atomic E-state index is 6.23. The Morgan fingerprint density at radius 2 is 1.88 bits per heavy atom. The molecular weight excluding hydrogens is 348 g/mol. The third kappa shape index (κ3) is 3.43. The van der Waals surface area contributed by atoms with Crippen molar-refractivity contribution >= 4 is 34.5 Å². The number of hydrogen-bond donors (Lipinski definition) is 1. The SMILES string of the molecule is Clc1ccccc1COc1ccc2ccccc2c1C=Nc1ncn[nH]1. The summed E-state index contributed by atoms with van der Waals surface area (Å²) in [6.45, 7) is 0.376. The highest BCUT2D eigenvalue weighted by atomic mass is 35.5. The van der Waals surface area contributed by atoms with Crippen molar-refractivity contribution in [3.63, 3.8) is 0 Å². The quantitative estimate of drug-likeness (QED) is 0.511. The summed E-state index contributed by atoms with van der Waals surface area (Å²) in [6.07, 6.45) is 3.16. The van der Waals surface area contributed by atoms with Crippen molar-refractivity contribution in [1.29, 1.82) is 0 Å². The van der Waals surface area contributed by atoms with Crippen molar-refractivity contribution in [3.05, 3.63) is 83.1 Å². The van der Waals surface area contributed by atoms with Crippen LogP contribution in [0.4, 0.5) is 5.95 Å². The Morgan fingerprint density at radius 1 is 1.04 bits per heavy atom. The van der Waals surface area contributed by atoms with Gasteiger partial charge in [0.1, 0.15) is 18.7 Å². The number of fused-ring (bicyclic) bond motifs is 1. The number of nitrogens with one attached hydrogen (secondary N) is 1. The molecule has 1 heterocycles. The average molecular weight is 363 g/mol. The van der Waals surface area contributed by atoms with E-state index in [1.807, 2.05) is 54.6 Å². The number of aliphatic imine (C=N–C) groups is 1. The standard InChI is InChI=1S/C20H15ClN4O/c21-18-8-4-2-6-15(18)12-26-19-10-9-14-5-1-3-7-16(14)17(19)11-22-20-23-13-24-25-20/h1-11,13H,12H2,(H,23,24,25). The number of aromatic nitrogens is 3. The van der Waals surface area contributed by atoms with Gasteiger partial charge in [0, 0.05) is 22.4 Å². The van der Waals surface area contributed by atoms with Gasteiger partial charge in [-0.1, -0.05) is 60.1 Å². The molecule has 0 amide bonds. The fourth-order valence-corrected chi connectivity index (χ4v) is 2.88. The molecule has 26 heavy (non-hydrogen) atoms. The first-order chi connectivity index (χ1) is 12.8. The number of hydrogen-bond acceptors (Lipinski definition) is 4. The van der Waals surface area contributed by atoms with Crippen LogP contribution in [0.3, 0.4) is 0 Å². The Morgan fingerprint density at radius 3 is 2.73 bits per heavy atom. The molecule has 4 rings (SSSR count). The molecule has 1 N–H and O–H groups in total. The summed E-state index contributed by atoms with van der Waals surface area (Å²) >= 11 is 6.23. The maximum Gasteiger partial charge on any atom is 0.245 e. The fraction of sp³-hybridized carbons (Fsp3) is 0.0500. The third-order valence-corrected chi connectivity index (χ3v) is 4.36. The summed E-state index contributed by atoms with van der Waals surface area (Å²) in [5.41, 5.74) is 1.81. The van der Waals surface area contributed by atoms with Crippen LogP contribution in [0.25, 0.3) is 10.8 Å². The zero-order valence-electron chi connectivity index (χ0n) is 13.8. The van der Waals surface area contributed by atoms with Crippen molar-refractivity contribution < 1.29 is 4.74 Å². The third-order valence-electron chi connectivity index (χ3n) is 3.99. The second-order valence-corrected chi connectivity index (χ2v) is 6.05. The van der Waals surface area contributed by atoms with Crippen LogP contribution in [-0.2, 0) is 6.61 Å². The van der Waals surface area contributed by atoms with Gasteiger partial charge in [0.25, 0.3) is 0 Å². The Hall–Kier alpha value is -3.18. The van der Waals surface area contributed by atoms with Crippen LogP contribution < -0.4 is 4.74 Å². The first-order valence-electron chi connectivity index (χ1n) is 8.08. The van der Waals surface area contributed by atoms with Crippen LogP contribution in [0.1, 0.15) is 11.1 Å². The molecule has 4 aromatic rings. The van der Waals surface area contributed by atoms with Crippen molar-refractivity contribution in [1.82, 2.24) is 15.2 Å². The molecule has 0 radical (unpaired) electrons. The Bertz CT molecular complexity index is 1060. The number of ether oxygens (including phenoxy) is 1. The number of halogens is 1. The molecule has 0 aliphatic rings. The maximum atomic E-state index is 6.23. The van der Waals surface area contributed by atoms with Crippen LogP contribution in [0, 0.1) is 0 Å². The minimum Gasteiger partial charge on any atom is -0.488 e. The normalized spacial score (nSPS) is 11.3. The number of benzene rings is 3. The molecule has 6 heteroatoms. The second kappa shape index (κ2) is 7.37. The number of H-pyrrole nitrogens is 1. The molecule has 5 nitrogen and oxygen atoms in total. The van der Waals surface area contributed by atoms with E-state index in [-0.39, 0.29) is 0 Å². The Balaban J connectivity index is 1.71. The second-order valence-electron chi connectivity index (χ2n) is 5.65. The predicted octanol–water partition coefficient (Wildman–Crippen LogP) is 4.94. The number of rotatable bonds is 5. The summed E-state index contributed by atoms with van der Waals surface area (Å²) in [4.78, 5) is 8.38. The van der Waals surface area contributed by atoms with Gasteiger partial charge >= 0.3 is 0 Å². The summed E-state index contributed by atoms with van der Waals surface area (Å²) in [5, 5.41) is 9.37. The largest absolute Gasteiger partial charge is 0.488 e. The van der Waals surface area contributed by atoms with E-state index in [0.29, 0.717) is 17.6 Å². The van der Waals surface area contributed by atoms with E-state index in [2.05, 4.69) is 26.2 Å². The molecule has 0 aliphatic carbocycles. The van der Waals surface area contributed by atoms with Gasteiger partial charge in [-0.25, -0.2) is 10.1 Å². The van der Waals surface area contributed by atoms with Crippen molar-refractivity contribution in [2.75, 3.05) is 0 Å². The zero-order chi connectivity index (χ0) is 17.8. The van der Waals surface area contributed by atoms with Crippen molar-refractivity contribution in [3.8, 4) is 5.75 Å². The number of aromatic amines is 1. The van der Waals surface area contributed by atoms with Gasteiger partial charge in [0.05, 0.1) is 0 Å².